The molecule has 0 atom stereocenters. The highest BCUT2D eigenvalue weighted by molar-refractivity contribution is 7.97. The Kier molecular flexibility index (Phi) is 12.2. The average Bonchev–Trinajstić information content (AvgIpc) is 3.11. The smallest absolute Gasteiger partial charge is 0.0721 e. The lowest BCUT2D eigenvalue weighted by Crippen LogP contribution is -2.16. The van der Waals surface area contributed by atoms with Crippen LogP contribution in [0.5, 0.6) is 0 Å². The van der Waals surface area contributed by atoms with Gasteiger partial charge in [0.25, 0.3) is 0 Å². The van der Waals surface area contributed by atoms with E-state index >= 15 is 0 Å². The zero-order valence-corrected chi connectivity index (χ0v) is 23.3. The number of aryl methyl sites for hydroxylation is 3. The van der Waals surface area contributed by atoms with Crippen LogP contribution >= 0.6 is 11.9 Å². The van der Waals surface area contributed by atoms with Crippen LogP contribution in [0.2, 0.25) is 0 Å². The van der Waals surface area contributed by atoms with Gasteiger partial charge in [-0.1, -0.05) is 77.1 Å². The molecule has 0 saturated heterocycles. The summed E-state index contributed by atoms with van der Waals surface area (Å²) >= 11 is 1.90. The van der Waals surface area contributed by atoms with Gasteiger partial charge in [-0.3, -0.25) is 5.84 Å². The lowest BCUT2D eigenvalue weighted by atomic mass is 9.97. The van der Waals surface area contributed by atoms with Crippen molar-refractivity contribution in [1.29, 1.82) is 0 Å². The van der Waals surface area contributed by atoms with E-state index in [2.05, 4.69) is 78.2 Å². The molecule has 0 aliphatic carbocycles. The Labute approximate surface area is 217 Å². The number of hydrogen-bond donors (Lipinski definition) is 3. The molecule has 1 aliphatic rings. The van der Waals surface area contributed by atoms with E-state index < -0.39 is 0 Å². The third-order valence-corrected chi connectivity index (χ3v) is 7.25. The quantitative estimate of drug-likeness (QED) is 0.144. The van der Waals surface area contributed by atoms with Gasteiger partial charge in [0.2, 0.25) is 0 Å². The second-order valence-corrected chi connectivity index (χ2v) is 9.46. The Hall–Kier alpha value is -2.47. The third-order valence-electron chi connectivity index (χ3n) is 6.08. The zero-order chi connectivity index (χ0) is 25.8. The average molecular weight is 493 g/mol. The molecule has 0 amide bonds. The maximum absolute atomic E-state index is 6.21. The number of rotatable bonds is 6. The minimum absolute atomic E-state index is 0.747. The summed E-state index contributed by atoms with van der Waals surface area (Å²) in [5.74, 6) is 5.69. The zero-order valence-electron chi connectivity index (χ0n) is 22.4. The van der Waals surface area contributed by atoms with Gasteiger partial charge >= 0.3 is 0 Å². The molecule has 5 N–H and O–H groups in total. The molecule has 0 saturated carbocycles. The molecule has 190 valence electrons. The molecule has 0 unspecified atom stereocenters. The number of hydrogen-bond acceptors (Lipinski definition) is 5. The molecule has 0 radical (unpaired) electrons. The van der Waals surface area contributed by atoms with Crippen molar-refractivity contribution in [2.75, 3.05) is 17.7 Å². The van der Waals surface area contributed by atoms with Crippen LogP contribution in [0.4, 0.5) is 11.4 Å². The van der Waals surface area contributed by atoms with E-state index in [0.717, 1.165) is 49.3 Å². The summed E-state index contributed by atoms with van der Waals surface area (Å²) in [6.45, 7) is 14.4. The van der Waals surface area contributed by atoms with Crippen molar-refractivity contribution in [3.05, 3.63) is 88.0 Å². The van der Waals surface area contributed by atoms with Crippen LogP contribution in [-0.4, -0.2) is 10.8 Å². The van der Waals surface area contributed by atoms with Crippen molar-refractivity contribution in [3.8, 4) is 0 Å². The number of benzene rings is 3. The van der Waals surface area contributed by atoms with E-state index in [-0.39, 0.29) is 0 Å². The Balaban J connectivity index is 0.00000103. The van der Waals surface area contributed by atoms with Crippen molar-refractivity contribution in [2.24, 2.45) is 5.84 Å². The third kappa shape index (κ3) is 7.76. The molecule has 1 aliphatic heterocycles. The molecule has 5 heteroatoms. The molecule has 3 aromatic carbocycles. The second-order valence-electron chi connectivity index (χ2n) is 8.32. The minimum atomic E-state index is 0.747. The van der Waals surface area contributed by atoms with Crippen molar-refractivity contribution < 1.29 is 0 Å². The first-order valence-corrected chi connectivity index (χ1v) is 13.8. The predicted octanol–water partition coefficient (Wildman–Crippen LogP) is 7.52. The van der Waals surface area contributed by atoms with Crippen LogP contribution in [0.25, 0.3) is 0 Å². The SMILES string of the molecule is CC.CC.CCc1cc(Cc2ccc(C)c(CN3CCCc4ccccc4S3)c2)cc(NN)c1N. The minimum Gasteiger partial charge on any atom is -0.397 e. The van der Waals surface area contributed by atoms with Gasteiger partial charge in [0.1, 0.15) is 0 Å². The summed E-state index contributed by atoms with van der Waals surface area (Å²) in [7, 11) is 0. The number of nitrogens with zero attached hydrogens (tertiary/aromatic N) is 1. The van der Waals surface area contributed by atoms with Gasteiger partial charge in [0, 0.05) is 18.0 Å². The number of nitrogen functional groups attached to an aromatic ring is 2. The summed E-state index contributed by atoms with van der Waals surface area (Å²) < 4.78 is 2.51. The molecule has 1 heterocycles. The number of fused-ring (bicyclic) bond motifs is 1. The highest BCUT2D eigenvalue weighted by Gasteiger charge is 2.16. The van der Waals surface area contributed by atoms with Gasteiger partial charge in [0.15, 0.2) is 0 Å². The molecular weight excluding hydrogens is 448 g/mol. The summed E-state index contributed by atoms with van der Waals surface area (Å²) in [4.78, 5) is 1.39. The summed E-state index contributed by atoms with van der Waals surface area (Å²) in [5.41, 5.74) is 18.4. The topological polar surface area (TPSA) is 67.3 Å². The van der Waals surface area contributed by atoms with Crippen LogP contribution in [0.15, 0.2) is 59.5 Å². The van der Waals surface area contributed by atoms with Crippen LogP contribution < -0.4 is 17.0 Å². The molecule has 0 fully saturated rings. The number of nitrogens with one attached hydrogen (secondary N) is 1. The van der Waals surface area contributed by atoms with E-state index in [1.807, 2.05) is 39.6 Å². The van der Waals surface area contributed by atoms with Crippen molar-refractivity contribution in [1.82, 2.24) is 4.31 Å². The highest BCUT2D eigenvalue weighted by Crippen LogP contribution is 2.33. The summed E-state index contributed by atoms with van der Waals surface area (Å²) in [6.07, 6.45) is 4.11. The first kappa shape index (κ1) is 28.8. The Morgan fingerprint density at radius 3 is 2.37 bits per heavy atom. The van der Waals surface area contributed by atoms with E-state index in [1.54, 1.807) is 0 Å². The normalized spacial score (nSPS) is 12.9. The highest BCUT2D eigenvalue weighted by atomic mass is 32.2. The molecule has 0 spiro atoms. The molecule has 0 aromatic heterocycles. The number of nitrogens with two attached hydrogens (primary N) is 2. The van der Waals surface area contributed by atoms with Crippen LogP contribution in [-0.2, 0) is 25.8 Å². The van der Waals surface area contributed by atoms with E-state index in [1.165, 1.54) is 39.1 Å². The molecule has 3 aromatic rings. The van der Waals surface area contributed by atoms with E-state index in [9.17, 15) is 0 Å². The van der Waals surface area contributed by atoms with Crippen molar-refractivity contribution in [3.63, 3.8) is 0 Å². The van der Waals surface area contributed by atoms with E-state index in [0.29, 0.717) is 0 Å². The molecule has 4 nitrogen and oxygen atoms in total. The van der Waals surface area contributed by atoms with Gasteiger partial charge in [-0.2, -0.15) is 0 Å². The van der Waals surface area contributed by atoms with Crippen molar-refractivity contribution in [2.45, 2.75) is 78.7 Å². The first-order valence-electron chi connectivity index (χ1n) is 13.0. The van der Waals surface area contributed by atoms with Gasteiger partial charge in [-0.25, -0.2) is 4.31 Å². The monoisotopic (exact) mass is 492 g/mol. The summed E-state index contributed by atoms with van der Waals surface area (Å²) in [5, 5.41) is 0. The fourth-order valence-electron chi connectivity index (χ4n) is 4.27. The maximum Gasteiger partial charge on any atom is 0.0721 e. The van der Waals surface area contributed by atoms with E-state index in [4.69, 9.17) is 11.6 Å². The van der Waals surface area contributed by atoms with Gasteiger partial charge in [-0.05, 0) is 90.1 Å². The standard InChI is InChI=1S/C26H32N4S.2C2H6/c1-3-21-15-20(16-24(29-28)26(21)27)13-19-11-10-18(2)23(14-19)17-30-12-6-8-22-7-4-5-9-25(22)31-30;2*1-2/h4-5,7,9-11,14-16,29H,3,6,8,12-13,17,27-28H2,1-2H3;2*1-2H3. The lowest BCUT2D eigenvalue weighted by Gasteiger charge is -2.21. The van der Waals surface area contributed by atoms with Crippen LogP contribution in [0, 0.1) is 6.92 Å². The largest absolute Gasteiger partial charge is 0.397 e. The molecule has 0 bridgehead atoms. The number of hydrazine groups is 1. The molecule has 35 heavy (non-hydrogen) atoms. The molecule has 4 rings (SSSR count). The molecular formula is C30H44N4S. The lowest BCUT2D eigenvalue weighted by molar-refractivity contribution is 0.459. The predicted molar refractivity (Wildman–Crippen MR) is 156 cm³/mol. The second kappa shape index (κ2) is 14.8. The van der Waals surface area contributed by atoms with Gasteiger partial charge in [0.05, 0.1) is 11.4 Å². The fraction of sp³-hybridized carbons (Fsp3) is 0.400. The Bertz CT molecular complexity index is 1040. The number of anilines is 2. The van der Waals surface area contributed by atoms with Gasteiger partial charge < -0.3 is 11.2 Å². The van der Waals surface area contributed by atoms with Crippen molar-refractivity contribution >= 4 is 23.3 Å². The summed E-state index contributed by atoms with van der Waals surface area (Å²) in [6, 6.07) is 19.9. The van der Waals surface area contributed by atoms with Crippen LogP contribution in [0.1, 0.15) is 74.4 Å². The maximum atomic E-state index is 6.21. The Morgan fingerprint density at radius 1 is 0.943 bits per heavy atom. The van der Waals surface area contributed by atoms with Gasteiger partial charge in [-0.15, -0.1) is 0 Å². The van der Waals surface area contributed by atoms with Crippen LogP contribution in [0.3, 0.4) is 0 Å². The first-order chi connectivity index (χ1) is 17.1. The Morgan fingerprint density at radius 2 is 1.66 bits per heavy atom. The fourth-order valence-corrected chi connectivity index (χ4v) is 5.39.